The Morgan fingerprint density at radius 3 is 2.44 bits per heavy atom. The SMILES string of the molecule is COCCN(CCOC)C(=S)NC1N=C(c2ccccc2)c2cc(Cl)ccc2N(C)C1=O. The molecule has 1 unspecified atom stereocenters. The van der Waals surface area contributed by atoms with Gasteiger partial charge in [-0.2, -0.15) is 0 Å². The monoisotopic (exact) mass is 474 g/mol. The van der Waals surface area contributed by atoms with E-state index in [4.69, 9.17) is 38.3 Å². The number of hydrogen-bond donors (Lipinski definition) is 1. The molecule has 1 N–H and O–H groups in total. The van der Waals surface area contributed by atoms with E-state index < -0.39 is 6.17 Å². The number of fused-ring (bicyclic) bond motifs is 1. The lowest BCUT2D eigenvalue weighted by Gasteiger charge is -2.28. The highest BCUT2D eigenvalue weighted by Crippen LogP contribution is 2.29. The summed E-state index contributed by atoms with van der Waals surface area (Å²) in [6, 6.07) is 15.1. The summed E-state index contributed by atoms with van der Waals surface area (Å²) in [5.41, 5.74) is 3.06. The lowest BCUT2D eigenvalue weighted by molar-refractivity contribution is -0.119. The van der Waals surface area contributed by atoms with E-state index in [1.165, 1.54) is 0 Å². The maximum atomic E-state index is 13.4. The number of nitrogens with one attached hydrogen (secondary N) is 1. The Balaban J connectivity index is 1.99. The molecule has 1 aliphatic rings. The number of aliphatic imine (C=N–C) groups is 1. The van der Waals surface area contributed by atoms with Crippen molar-refractivity contribution in [1.82, 2.24) is 10.2 Å². The third-order valence-electron chi connectivity index (χ3n) is 5.12. The van der Waals surface area contributed by atoms with E-state index in [0.29, 0.717) is 42.2 Å². The largest absolute Gasteiger partial charge is 0.383 e. The van der Waals surface area contributed by atoms with Crippen LogP contribution in [0.2, 0.25) is 5.02 Å². The Bertz CT molecular complexity index is 978. The van der Waals surface area contributed by atoms with Crippen molar-refractivity contribution in [3.8, 4) is 0 Å². The molecule has 170 valence electrons. The number of likely N-dealkylation sites (N-methyl/N-ethyl adjacent to an activating group) is 1. The standard InChI is InChI=1S/C23H27ClN4O3S/c1-27-19-10-9-17(24)15-18(19)20(16-7-5-4-6-8-16)25-21(22(27)29)26-23(32)28(11-13-30-2)12-14-31-3/h4-10,15,21H,11-14H2,1-3H3,(H,26,32). The first kappa shape index (κ1) is 24.1. The summed E-state index contributed by atoms with van der Waals surface area (Å²) >= 11 is 11.9. The minimum atomic E-state index is -0.901. The van der Waals surface area contributed by atoms with E-state index in [1.54, 1.807) is 32.2 Å². The molecule has 1 heterocycles. The molecule has 7 nitrogen and oxygen atoms in total. The number of rotatable bonds is 8. The maximum absolute atomic E-state index is 13.4. The molecule has 2 aromatic rings. The Morgan fingerprint density at radius 1 is 1.16 bits per heavy atom. The third-order valence-corrected chi connectivity index (χ3v) is 5.73. The van der Waals surface area contributed by atoms with Gasteiger partial charge in [-0.3, -0.25) is 4.79 Å². The summed E-state index contributed by atoms with van der Waals surface area (Å²) in [5.74, 6) is -0.222. The van der Waals surface area contributed by atoms with Crippen LogP contribution < -0.4 is 10.2 Å². The highest BCUT2D eigenvalue weighted by molar-refractivity contribution is 7.80. The number of carbonyl (C=O) groups excluding carboxylic acids is 1. The van der Waals surface area contributed by atoms with Gasteiger partial charge in [0.25, 0.3) is 5.91 Å². The second kappa shape index (κ2) is 11.4. The molecule has 1 amide bonds. The number of nitrogens with zero attached hydrogens (tertiary/aromatic N) is 3. The van der Waals surface area contributed by atoms with Crippen LogP contribution >= 0.6 is 23.8 Å². The highest BCUT2D eigenvalue weighted by atomic mass is 35.5. The number of benzene rings is 2. The normalized spacial score (nSPS) is 15.6. The van der Waals surface area contributed by atoms with Gasteiger partial charge in [-0.05, 0) is 30.4 Å². The zero-order valence-corrected chi connectivity index (χ0v) is 19.9. The number of methoxy groups -OCH3 is 2. The van der Waals surface area contributed by atoms with Gasteiger partial charge in [0.1, 0.15) is 0 Å². The highest BCUT2D eigenvalue weighted by Gasteiger charge is 2.31. The van der Waals surface area contributed by atoms with Crippen LogP contribution in [0.25, 0.3) is 0 Å². The van der Waals surface area contributed by atoms with Crippen molar-refractivity contribution in [2.45, 2.75) is 6.17 Å². The number of halogens is 1. The topological polar surface area (TPSA) is 66.4 Å². The summed E-state index contributed by atoms with van der Waals surface area (Å²) in [4.78, 5) is 21.7. The van der Waals surface area contributed by atoms with E-state index in [-0.39, 0.29) is 5.91 Å². The summed E-state index contributed by atoms with van der Waals surface area (Å²) in [6.07, 6.45) is -0.901. The van der Waals surface area contributed by atoms with Crippen LogP contribution in [0, 0.1) is 0 Å². The van der Waals surface area contributed by atoms with Crippen molar-refractivity contribution < 1.29 is 14.3 Å². The van der Waals surface area contributed by atoms with Gasteiger partial charge in [0.15, 0.2) is 5.11 Å². The molecule has 0 aliphatic carbocycles. The number of thiocarbonyl (C=S) groups is 1. The van der Waals surface area contributed by atoms with Gasteiger partial charge in [-0.25, -0.2) is 4.99 Å². The average molecular weight is 475 g/mol. The Kier molecular flexibility index (Phi) is 8.58. The quantitative estimate of drug-likeness (QED) is 0.593. The first-order chi connectivity index (χ1) is 15.5. The number of hydrogen-bond acceptors (Lipinski definition) is 5. The van der Waals surface area contributed by atoms with E-state index >= 15 is 0 Å². The number of carbonyl (C=O) groups is 1. The lowest BCUT2D eigenvalue weighted by atomic mass is 10.0. The van der Waals surface area contributed by atoms with E-state index in [2.05, 4.69) is 5.32 Å². The minimum absolute atomic E-state index is 0.222. The van der Waals surface area contributed by atoms with Crippen molar-refractivity contribution >= 4 is 46.2 Å². The number of amides is 1. The molecule has 0 bridgehead atoms. The molecular weight excluding hydrogens is 448 g/mol. The van der Waals surface area contributed by atoms with E-state index in [0.717, 1.165) is 16.8 Å². The minimum Gasteiger partial charge on any atom is -0.383 e. The van der Waals surface area contributed by atoms with Crippen LogP contribution in [0.4, 0.5) is 5.69 Å². The molecule has 0 saturated carbocycles. The van der Waals surface area contributed by atoms with Gasteiger partial charge in [0, 0.05) is 50.5 Å². The lowest BCUT2D eigenvalue weighted by Crippen LogP contribution is -2.51. The van der Waals surface area contributed by atoms with Crippen LogP contribution in [-0.2, 0) is 14.3 Å². The maximum Gasteiger partial charge on any atom is 0.272 e. The summed E-state index contributed by atoms with van der Waals surface area (Å²) in [6.45, 7) is 2.11. The summed E-state index contributed by atoms with van der Waals surface area (Å²) in [5, 5.41) is 4.12. The van der Waals surface area contributed by atoms with Crippen LogP contribution in [0.3, 0.4) is 0 Å². The van der Waals surface area contributed by atoms with Crippen molar-refractivity contribution in [1.29, 1.82) is 0 Å². The van der Waals surface area contributed by atoms with Gasteiger partial charge in [0.05, 0.1) is 24.6 Å². The first-order valence-corrected chi connectivity index (χ1v) is 11.0. The zero-order valence-electron chi connectivity index (χ0n) is 18.4. The predicted molar refractivity (Wildman–Crippen MR) is 132 cm³/mol. The van der Waals surface area contributed by atoms with Gasteiger partial charge in [-0.1, -0.05) is 41.9 Å². The van der Waals surface area contributed by atoms with Gasteiger partial charge >= 0.3 is 0 Å². The molecule has 9 heteroatoms. The third kappa shape index (κ3) is 5.63. The molecule has 2 aromatic carbocycles. The van der Waals surface area contributed by atoms with Gasteiger partial charge < -0.3 is 24.6 Å². The Labute approximate surface area is 199 Å². The second-order valence-electron chi connectivity index (χ2n) is 7.23. The molecule has 0 aromatic heterocycles. The van der Waals surface area contributed by atoms with Crippen molar-refractivity contribution in [3.63, 3.8) is 0 Å². The zero-order chi connectivity index (χ0) is 23.1. The van der Waals surface area contributed by atoms with Crippen molar-refractivity contribution in [2.24, 2.45) is 4.99 Å². The van der Waals surface area contributed by atoms with Crippen LogP contribution in [-0.4, -0.2) is 75.4 Å². The molecular formula is C23H27ClN4O3S. The average Bonchev–Trinajstić information content (AvgIpc) is 2.90. The summed E-state index contributed by atoms with van der Waals surface area (Å²) < 4.78 is 10.4. The fourth-order valence-corrected chi connectivity index (χ4v) is 3.86. The molecule has 0 spiro atoms. The van der Waals surface area contributed by atoms with E-state index in [1.807, 2.05) is 47.4 Å². The molecule has 0 saturated heterocycles. The van der Waals surface area contributed by atoms with Crippen molar-refractivity contribution in [3.05, 3.63) is 64.7 Å². The van der Waals surface area contributed by atoms with Gasteiger partial charge in [-0.15, -0.1) is 0 Å². The summed E-state index contributed by atoms with van der Waals surface area (Å²) in [7, 11) is 4.99. The predicted octanol–water partition coefficient (Wildman–Crippen LogP) is 2.95. The second-order valence-corrected chi connectivity index (χ2v) is 8.05. The van der Waals surface area contributed by atoms with Crippen LogP contribution in [0.1, 0.15) is 11.1 Å². The van der Waals surface area contributed by atoms with Crippen LogP contribution in [0.15, 0.2) is 53.5 Å². The molecule has 1 aliphatic heterocycles. The molecule has 3 rings (SSSR count). The number of benzodiazepines with no additional fused rings is 1. The molecule has 0 fully saturated rings. The fourth-order valence-electron chi connectivity index (χ4n) is 3.39. The smallest absolute Gasteiger partial charge is 0.272 e. The van der Waals surface area contributed by atoms with E-state index in [9.17, 15) is 4.79 Å². The number of anilines is 1. The van der Waals surface area contributed by atoms with Crippen molar-refractivity contribution in [2.75, 3.05) is 52.5 Å². The van der Waals surface area contributed by atoms with Gasteiger partial charge in [0.2, 0.25) is 6.17 Å². The fraction of sp³-hybridized carbons (Fsp3) is 0.348. The Morgan fingerprint density at radius 2 is 1.81 bits per heavy atom. The Hall–Kier alpha value is -2.52. The first-order valence-electron chi connectivity index (χ1n) is 10.2. The van der Waals surface area contributed by atoms with Crippen LogP contribution in [0.5, 0.6) is 0 Å². The molecule has 0 radical (unpaired) electrons. The number of ether oxygens (including phenoxy) is 2. The molecule has 1 atom stereocenters. The molecule has 32 heavy (non-hydrogen) atoms.